The normalized spacial score (nSPS) is 22.4. The van der Waals surface area contributed by atoms with Crippen molar-refractivity contribution in [3.8, 4) is 6.07 Å². The number of carboxylic acids is 1. The van der Waals surface area contributed by atoms with Crippen LogP contribution < -0.4 is 5.32 Å². The van der Waals surface area contributed by atoms with Crippen molar-refractivity contribution in [2.45, 2.75) is 25.3 Å². The van der Waals surface area contributed by atoms with Gasteiger partial charge in [0.2, 0.25) is 0 Å². The Hall–Kier alpha value is -1.73. The second-order valence-corrected chi connectivity index (χ2v) is 4.86. The number of rotatable bonds is 3. The summed E-state index contributed by atoms with van der Waals surface area (Å²) in [6.07, 6.45) is 2.39. The summed E-state index contributed by atoms with van der Waals surface area (Å²) in [5.74, 6) is -1.16. The van der Waals surface area contributed by atoms with Crippen LogP contribution in [-0.2, 0) is 4.79 Å². The number of nitriles is 1. The predicted molar refractivity (Wildman–Crippen MR) is 68.6 cm³/mol. The molecule has 2 N–H and O–H groups in total. The molecule has 0 aliphatic heterocycles. The van der Waals surface area contributed by atoms with Gasteiger partial charge in [0.1, 0.15) is 6.07 Å². The quantitative estimate of drug-likeness (QED) is 0.880. The molecule has 1 aliphatic carbocycles. The summed E-state index contributed by atoms with van der Waals surface area (Å²) in [6, 6.07) is 6.93. The van der Waals surface area contributed by atoms with Gasteiger partial charge in [-0.1, -0.05) is 18.0 Å². The fourth-order valence-corrected chi connectivity index (χ4v) is 2.54. The number of nitrogens with one attached hydrogen (secondary N) is 1. The molecule has 2 atom stereocenters. The molecule has 0 saturated heterocycles. The van der Waals surface area contributed by atoms with Crippen LogP contribution in [0.2, 0.25) is 5.02 Å². The molecular weight excluding hydrogens is 252 g/mol. The minimum Gasteiger partial charge on any atom is -0.481 e. The van der Waals surface area contributed by atoms with Gasteiger partial charge in [-0.15, -0.1) is 0 Å². The number of aliphatic carboxylic acids is 1. The van der Waals surface area contributed by atoms with E-state index in [1.165, 1.54) is 0 Å². The summed E-state index contributed by atoms with van der Waals surface area (Å²) in [5, 5.41) is 21.8. The lowest BCUT2D eigenvalue weighted by Gasteiger charge is -2.19. The molecule has 0 spiro atoms. The van der Waals surface area contributed by atoms with E-state index in [0.29, 0.717) is 22.7 Å². The Kier molecular flexibility index (Phi) is 3.73. The summed E-state index contributed by atoms with van der Waals surface area (Å²) in [5.41, 5.74) is 1.10. The smallest absolute Gasteiger partial charge is 0.308 e. The molecule has 4 nitrogen and oxygen atoms in total. The molecule has 1 aromatic carbocycles. The third-order valence-electron chi connectivity index (χ3n) is 3.28. The zero-order valence-corrected chi connectivity index (χ0v) is 10.4. The molecule has 5 heteroatoms. The lowest BCUT2D eigenvalue weighted by molar-refractivity contribution is -0.141. The Labute approximate surface area is 110 Å². The van der Waals surface area contributed by atoms with Gasteiger partial charge in [-0.25, -0.2) is 0 Å². The molecule has 1 aliphatic rings. The lowest BCUT2D eigenvalue weighted by atomic mass is 10.0. The van der Waals surface area contributed by atoms with Crippen LogP contribution in [0.4, 0.5) is 5.69 Å². The third kappa shape index (κ3) is 2.57. The van der Waals surface area contributed by atoms with Crippen molar-refractivity contribution in [2.75, 3.05) is 5.32 Å². The highest BCUT2D eigenvalue weighted by Gasteiger charge is 2.33. The Bertz CT molecular complexity index is 510. The maximum absolute atomic E-state index is 11.1. The Balaban J connectivity index is 2.19. The number of nitrogens with zero attached hydrogens (tertiary/aromatic N) is 1. The van der Waals surface area contributed by atoms with Crippen LogP contribution in [0.3, 0.4) is 0 Å². The number of carboxylic acid groups (broad SMARTS) is 1. The lowest BCUT2D eigenvalue weighted by Crippen LogP contribution is -2.30. The van der Waals surface area contributed by atoms with E-state index >= 15 is 0 Å². The summed E-state index contributed by atoms with van der Waals surface area (Å²) < 4.78 is 0. The first-order valence-corrected chi connectivity index (χ1v) is 6.18. The Morgan fingerprint density at radius 1 is 1.50 bits per heavy atom. The van der Waals surface area contributed by atoms with Gasteiger partial charge in [0.25, 0.3) is 0 Å². The van der Waals surface area contributed by atoms with E-state index in [2.05, 4.69) is 11.4 Å². The monoisotopic (exact) mass is 264 g/mol. The molecule has 0 aromatic heterocycles. The summed E-state index contributed by atoms with van der Waals surface area (Å²) in [4.78, 5) is 11.1. The predicted octanol–water partition coefficient (Wildman–Crippen LogP) is 2.88. The van der Waals surface area contributed by atoms with Gasteiger partial charge in [0, 0.05) is 11.1 Å². The highest BCUT2D eigenvalue weighted by molar-refractivity contribution is 6.30. The van der Waals surface area contributed by atoms with Crippen LogP contribution in [0.1, 0.15) is 24.8 Å². The van der Waals surface area contributed by atoms with Crippen LogP contribution in [0.15, 0.2) is 18.2 Å². The molecule has 18 heavy (non-hydrogen) atoms. The van der Waals surface area contributed by atoms with Crippen molar-refractivity contribution in [1.29, 1.82) is 5.26 Å². The number of benzene rings is 1. The largest absolute Gasteiger partial charge is 0.481 e. The van der Waals surface area contributed by atoms with Gasteiger partial charge in [0.05, 0.1) is 17.2 Å². The number of anilines is 1. The average molecular weight is 265 g/mol. The van der Waals surface area contributed by atoms with Gasteiger partial charge >= 0.3 is 5.97 Å². The van der Waals surface area contributed by atoms with Crippen molar-refractivity contribution < 1.29 is 9.90 Å². The molecular formula is C13H13ClN2O2. The average Bonchev–Trinajstić information content (AvgIpc) is 2.79. The number of carbonyl (C=O) groups is 1. The molecule has 0 heterocycles. The molecule has 94 valence electrons. The molecule has 1 fully saturated rings. The molecule has 0 amide bonds. The van der Waals surface area contributed by atoms with Gasteiger partial charge < -0.3 is 10.4 Å². The first-order chi connectivity index (χ1) is 8.61. The Morgan fingerprint density at radius 3 is 2.94 bits per heavy atom. The topological polar surface area (TPSA) is 73.1 Å². The van der Waals surface area contributed by atoms with E-state index in [1.54, 1.807) is 18.2 Å². The standard InChI is InChI=1S/C13H13ClN2O2/c14-9-4-5-11(8(6-9)7-15)16-12-3-1-2-10(12)13(17)18/h4-6,10,12,16H,1-3H2,(H,17,18). The summed E-state index contributed by atoms with van der Waals surface area (Å²) in [7, 11) is 0. The molecule has 1 saturated carbocycles. The third-order valence-corrected chi connectivity index (χ3v) is 3.51. The van der Waals surface area contributed by atoms with E-state index in [4.69, 9.17) is 22.0 Å². The summed E-state index contributed by atoms with van der Waals surface area (Å²) in [6.45, 7) is 0. The Morgan fingerprint density at radius 2 is 2.28 bits per heavy atom. The van der Waals surface area contributed by atoms with Crippen LogP contribution in [0.25, 0.3) is 0 Å². The maximum Gasteiger partial charge on any atom is 0.308 e. The highest BCUT2D eigenvalue weighted by Crippen LogP contribution is 2.30. The molecule has 2 rings (SSSR count). The first kappa shape index (κ1) is 12.7. The zero-order chi connectivity index (χ0) is 13.1. The number of hydrogen-bond donors (Lipinski definition) is 2. The molecule has 2 unspecified atom stereocenters. The first-order valence-electron chi connectivity index (χ1n) is 5.81. The minimum atomic E-state index is -0.780. The fourth-order valence-electron chi connectivity index (χ4n) is 2.36. The highest BCUT2D eigenvalue weighted by atomic mass is 35.5. The van der Waals surface area contributed by atoms with Crippen molar-refractivity contribution in [3.63, 3.8) is 0 Å². The van der Waals surface area contributed by atoms with Crippen LogP contribution >= 0.6 is 11.6 Å². The van der Waals surface area contributed by atoms with Crippen LogP contribution in [0, 0.1) is 17.2 Å². The number of hydrogen-bond acceptors (Lipinski definition) is 3. The summed E-state index contributed by atoms with van der Waals surface area (Å²) >= 11 is 5.82. The van der Waals surface area contributed by atoms with Crippen LogP contribution in [-0.4, -0.2) is 17.1 Å². The molecule has 1 aromatic rings. The van der Waals surface area contributed by atoms with Crippen molar-refractivity contribution >= 4 is 23.3 Å². The second kappa shape index (κ2) is 5.28. The van der Waals surface area contributed by atoms with Gasteiger partial charge in [-0.2, -0.15) is 5.26 Å². The zero-order valence-electron chi connectivity index (χ0n) is 9.69. The number of halogens is 1. The SMILES string of the molecule is N#Cc1cc(Cl)ccc1NC1CCCC1C(=O)O. The van der Waals surface area contributed by atoms with E-state index in [-0.39, 0.29) is 12.0 Å². The maximum atomic E-state index is 11.1. The van der Waals surface area contributed by atoms with Gasteiger partial charge in [0.15, 0.2) is 0 Å². The van der Waals surface area contributed by atoms with E-state index < -0.39 is 5.97 Å². The van der Waals surface area contributed by atoms with Gasteiger partial charge in [-0.05, 0) is 31.0 Å². The van der Waals surface area contributed by atoms with Gasteiger partial charge in [-0.3, -0.25) is 4.79 Å². The molecule has 0 bridgehead atoms. The van der Waals surface area contributed by atoms with Crippen molar-refractivity contribution in [3.05, 3.63) is 28.8 Å². The van der Waals surface area contributed by atoms with Crippen molar-refractivity contribution in [2.24, 2.45) is 5.92 Å². The molecule has 0 radical (unpaired) electrons. The second-order valence-electron chi connectivity index (χ2n) is 4.43. The van der Waals surface area contributed by atoms with E-state index in [1.807, 2.05) is 0 Å². The van der Waals surface area contributed by atoms with E-state index in [9.17, 15) is 4.79 Å². The van der Waals surface area contributed by atoms with Crippen molar-refractivity contribution in [1.82, 2.24) is 0 Å². The van der Waals surface area contributed by atoms with Crippen LogP contribution in [0.5, 0.6) is 0 Å². The fraction of sp³-hybridized carbons (Fsp3) is 0.385. The minimum absolute atomic E-state index is 0.115. The van der Waals surface area contributed by atoms with E-state index in [0.717, 1.165) is 12.8 Å².